The zero-order chi connectivity index (χ0) is 17.0. The minimum Gasteiger partial charge on any atom is -0.492 e. The maximum Gasteiger partial charge on any atom is 0.243 e. The molecule has 0 unspecified atom stereocenters. The van der Waals surface area contributed by atoms with Gasteiger partial charge in [-0.3, -0.25) is 4.79 Å². The van der Waals surface area contributed by atoms with Crippen LogP contribution in [0.2, 0.25) is 5.02 Å². The van der Waals surface area contributed by atoms with E-state index in [0.717, 1.165) is 0 Å². The van der Waals surface area contributed by atoms with Crippen molar-refractivity contribution in [1.29, 1.82) is 0 Å². The average molecular weight is 361 g/mol. The van der Waals surface area contributed by atoms with Crippen LogP contribution in [0.25, 0.3) is 0 Å². The van der Waals surface area contributed by atoms with E-state index in [1.165, 1.54) is 16.4 Å². The van der Waals surface area contributed by atoms with Crippen molar-refractivity contribution in [2.24, 2.45) is 5.92 Å². The van der Waals surface area contributed by atoms with Gasteiger partial charge in [0.1, 0.15) is 5.75 Å². The van der Waals surface area contributed by atoms with Crippen LogP contribution >= 0.6 is 11.6 Å². The average Bonchev–Trinajstić information content (AvgIpc) is 2.56. The van der Waals surface area contributed by atoms with E-state index >= 15 is 0 Å². The summed E-state index contributed by atoms with van der Waals surface area (Å²) in [6.45, 7) is 2.87. The number of carbonyl (C=O) groups excluding carboxylic acids is 1. The molecule has 0 aliphatic carbocycles. The Balaban J connectivity index is 2.24. The van der Waals surface area contributed by atoms with E-state index < -0.39 is 10.0 Å². The van der Waals surface area contributed by atoms with Gasteiger partial charge in [-0.1, -0.05) is 11.6 Å². The van der Waals surface area contributed by atoms with E-state index in [9.17, 15) is 13.2 Å². The molecule has 1 fully saturated rings. The Morgan fingerprint density at radius 1 is 1.48 bits per heavy atom. The first-order chi connectivity index (χ1) is 10.9. The number of sulfonamides is 1. The summed E-state index contributed by atoms with van der Waals surface area (Å²) >= 11 is 6.08. The molecule has 0 bridgehead atoms. The first-order valence-electron chi connectivity index (χ1n) is 7.54. The van der Waals surface area contributed by atoms with Gasteiger partial charge in [-0.05, 0) is 38.0 Å². The molecule has 0 aromatic heterocycles. The molecule has 2 rings (SSSR count). The molecule has 1 aromatic carbocycles. The van der Waals surface area contributed by atoms with Crippen molar-refractivity contribution in [3.8, 4) is 5.75 Å². The highest BCUT2D eigenvalue weighted by molar-refractivity contribution is 7.89. The molecule has 128 valence electrons. The van der Waals surface area contributed by atoms with Crippen LogP contribution in [0, 0.1) is 5.92 Å². The lowest BCUT2D eigenvalue weighted by atomic mass is 9.99. The molecular weight excluding hydrogens is 340 g/mol. The van der Waals surface area contributed by atoms with Crippen molar-refractivity contribution in [2.45, 2.75) is 24.7 Å². The molecule has 1 amide bonds. The van der Waals surface area contributed by atoms with Gasteiger partial charge < -0.3 is 10.1 Å². The maximum absolute atomic E-state index is 12.8. The monoisotopic (exact) mass is 360 g/mol. The molecule has 0 spiro atoms. The lowest BCUT2D eigenvalue weighted by Crippen LogP contribution is -2.44. The third kappa shape index (κ3) is 3.97. The van der Waals surface area contributed by atoms with Crippen LogP contribution in [0.15, 0.2) is 23.1 Å². The van der Waals surface area contributed by atoms with E-state index in [0.29, 0.717) is 31.7 Å². The van der Waals surface area contributed by atoms with Gasteiger partial charge in [0.15, 0.2) is 0 Å². The second kappa shape index (κ2) is 7.51. The summed E-state index contributed by atoms with van der Waals surface area (Å²) in [6.07, 6.45) is 1.35. The normalized spacial score (nSPS) is 19.3. The van der Waals surface area contributed by atoms with Crippen molar-refractivity contribution in [3.63, 3.8) is 0 Å². The fraction of sp³-hybridized carbons (Fsp3) is 0.533. The van der Waals surface area contributed by atoms with Crippen LogP contribution in [0.5, 0.6) is 5.75 Å². The zero-order valence-corrected chi connectivity index (χ0v) is 14.8. The number of hydrogen-bond acceptors (Lipinski definition) is 4. The number of halogens is 1. The van der Waals surface area contributed by atoms with Crippen molar-refractivity contribution in [3.05, 3.63) is 23.2 Å². The van der Waals surface area contributed by atoms with E-state index in [-0.39, 0.29) is 28.3 Å². The summed E-state index contributed by atoms with van der Waals surface area (Å²) in [6, 6.07) is 4.43. The Kier molecular flexibility index (Phi) is 5.89. The fourth-order valence-corrected chi connectivity index (χ4v) is 4.49. The van der Waals surface area contributed by atoms with Crippen molar-refractivity contribution < 1.29 is 17.9 Å². The van der Waals surface area contributed by atoms with E-state index in [4.69, 9.17) is 16.3 Å². The van der Waals surface area contributed by atoms with Crippen molar-refractivity contribution in [1.82, 2.24) is 9.62 Å². The number of rotatable bonds is 5. The third-order valence-corrected chi connectivity index (χ3v) is 6.00. The first-order valence-corrected chi connectivity index (χ1v) is 9.36. The third-order valence-electron chi connectivity index (χ3n) is 3.84. The molecule has 0 saturated carbocycles. The first kappa shape index (κ1) is 18.0. The Bertz CT molecular complexity index is 678. The van der Waals surface area contributed by atoms with Crippen LogP contribution in [-0.4, -0.2) is 45.4 Å². The Morgan fingerprint density at radius 2 is 2.22 bits per heavy atom. The highest BCUT2D eigenvalue weighted by atomic mass is 35.5. The number of carbonyl (C=O) groups is 1. The summed E-state index contributed by atoms with van der Waals surface area (Å²) in [5.74, 6) is 0.00585. The summed E-state index contributed by atoms with van der Waals surface area (Å²) in [5, 5.41) is 2.84. The number of hydrogen-bond donors (Lipinski definition) is 1. The molecule has 1 aliphatic heterocycles. The highest BCUT2D eigenvalue weighted by Gasteiger charge is 2.33. The molecule has 6 nitrogen and oxygen atoms in total. The summed E-state index contributed by atoms with van der Waals surface area (Å²) in [5.41, 5.74) is 0. The molecule has 1 heterocycles. The molecular formula is C15H21ClN2O4S. The molecule has 23 heavy (non-hydrogen) atoms. The number of nitrogens with zero attached hydrogens (tertiary/aromatic N) is 1. The molecule has 1 saturated heterocycles. The van der Waals surface area contributed by atoms with Crippen LogP contribution in [0.1, 0.15) is 19.8 Å². The fourth-order valence-electron chi connectivity index (χ4n) is 2.64. The minimum atomic E-state index is -3.68. The van der Waals surface area contributed by atoms with Gasteiger partial charge >= 0.3 is 0 Å². The lowest BCUT2D eigenvalue weighted by molar-refractivity contribution is -0.125. The minimum absolute atomic E-state index is 0.114. The highest BCUT2D eigenvalue weighted by Crippen LogP contribution is 2.30. The van der Waals surface area contributed by atoms with Crippen LogP contribution in [0.3, 0.4) is 0 Å². The van der Waals surface area contributed by atoms with Gasteiger partial charge in [-0.25, -0.2) is 8.42 Å². The Morgan fingerprint density at radius 3 is 2.83 bits per heavy atom. The van der Waals surface area contributed by atoms with Crippen molar-refractivity contribution in [2.75, 3.05) is 26.7 Å². The Hall–Kier alpha value is -1.31. The number of amides is 1. The molecule has 8 heteroatoms. The SMILES string of the molecule is CCOc1ccc(S(=O)(=O)N2CCC[C@H](C(=O)NC)C2)cc1Cl. The topological polar surface area (TPSA) is 75.7 Å². The summed E-state index contributed by atoms with van der Waals surface area (Å²) in [7, 11) is -2.12. The predicted molar refractivity (Wildman–Crippen MR) is 88.2 cm³/mol. The van der Waals surface area contributed by atoms with Gasteiger partial charge in [0.25, 0.3) is 0 Å². The van der Waals surface area contributed by atoms with Gasteiger partial charge in [0, 0.05) is 20.1 Å². The number of piperidine rings is 1. The smallest absolute Gasteiger partial charge is 0.243 e. The van der Waals surface area contributed by atoms with E-state index in [2.05, 4.69) is 5.32 Å². The lowest BCUT2D eigenvalue weighted by Gasteiger charge is -2.31. The van der Waals surface area contributed by atoms with Gasteiger partial charge in [-0.15, -0.1) is 0 Å². The van der Waals surface area contributed by atoms with Crippen LogP contribution < -0.4 is 10.1 Å². The second-order valence-electron chi connectivity index (χ2n) is 5.34. The van der Waals surface area contributed by atoms with Gasteiger partial charge in [0.05, 0.1) is 22.4 Å². The van der Waals surface area contributed by atoms with Crippen molar-refractivity contribution >= 4 is 27.5 Å². The quantitative estimate of drug-likeness (QED) is 0.870. The Labute approximate surface area is 141 Å². The van der Waals surface area contributed by atoms with Crippen LogP contribution in [-0.2, 0) is 14.8 Å². The summed E-state index contributed by atoms with van der Waals surface area (Å²) in [4.78, 5) is 11.9. The molecule has 0 radical (unpaired) electrons. The predicted octanol–water partition coefficient (Wildman–Crippen LogP) is 1.89. The van der Waals surface area contributed by atoms with E-state index in [1.807, 2.05) is 6.92 Å². The standard InChI is InChI=1S/C15H21ClN2O4S/c1-3-22-14-7-6-12(9-13(14)16)23(20,21)18-8-4-5-11(10-18)15(19)17-2/h6-7,9,11H,3-5,8,10H2,1-2H3,(H,17,19)/t11-/m0/s1. The maximum atomic E-state index is 12.8. The van der Waals surface area contributed by atoms with Gasteiger partial charge in [0.2, 0.25) is 15.9 Å². The molecule has 1 aromatic rings. The molecule has 1 atom stereocenters. The summed E-state index contributed by atoms with van der Waals surface area (Å²) < 4.78 is 32.2. The molecule has 1 aliphatic rings. The van der Waals surface area contributed by atoms with E-state index in [1.54, 1.807) is 13.1 Å². The molecule has 1 N–H and O–H groups in total. The van der Waals surface area contributed by atoms with Gasteiger partial charge in [-0.2, -0.15) is 4.31 Å². The number of nitrogens with one attached hydrogen (secondary N) is 1. The van der Waals surface area contributed by atoms with Crippen LogP contribution in [0.4, 0.5) is 0 Å². The number of benzene rings is 1. The zero-order valence-electron chi connectivity index (χ0n) is 13.2. The number of ether oxygens (including phenoxy) is 1. The largest absolute Gasteiger partial charge is 0.492 e. The second-order valence-corrected chi connectivity index (χ2v) is 7.69.